The van der Waals surface area contributed by atoms with Crippen molar-refractivity contribution in [2.45, 2.75) is 10.8 Å². The van der Waals surface area contributed by atoms with E-state index in [1.807, 2.05) is 18.2 Å². The normalized spacial score (nSPS) is 21.5. The van der Waals surface area contributed by atoms with Crippen LogP contribution in [-0.4, -0.2) is 5.78 Å². The van der Waals surface area contributed by atoms with Crippen LogP contribution in [0.2, 0.25) is 5.02 Å². The largest absolute Gasteiger partial charge is 0.289 e. The zero-order valence-corrected chi connectivity index (χ0v) is 12.0. The second-order valence-electron chi connectivity index (χ2n) is 4.42. The highest BCUT2D eigenvalue weighted by Gasteiger charge is 2.33. The minimum absolute atomic E-state index is 0.0816. The Morgan fingerprint density at radius 3 is 2.32 bits per heavy atom. The Morgan fingerprint density at radius 1 is 0.842 bits per heavy atom. The Labute approximate surface area is 126 Å². The average molecular weight is 312 g/mol. The molecule has 0 spiro atoms. The number of alkyl halides is 2. The number of ketones is 1. The van der Waals surface area contributed by atoms with Gasteiger partial charge in [0.1, 0.15) is 0 Å². The fourth-order valence-electron chi connectivity index (χ4n) is 2.41. The van der Waals surface area contributed by atoms with E-state index in [0.29, 0.717) is 21.7 Å². The molecule has 1 nitrogen and oxygen atoms in total. The molecular formula is C15H9Cl3O. The minimum Gasteiger partial charge on any atom is -0.289 e. The van der Waals surface area contributed by atoms with Gasteiger partial charge in [0.25, 0.3) is 0 Å². The van der Waals surface area contributed by atoms with E-state index in [-0.39, 0.29) is 5.78 Å². The highest BCUT2D eigenvalue weighted by molar-refractivity contribution is 6.36. The number of carbonyl (C=O) groups excluding carboxylic acids is 1. The van der Waals surface area contributed by atoms with Crippen molar-refractivity contribution in [3.8, 4) is 0 Å². The first-order valence-corrected chi connectivity index (χ1v) is 7.06. The molecule has 0 aromatic heterocycles. The van der Waals surface area contributed by atoms with Crippen molar-refractivity contribution in [3.05, 3.63) is 69.7 Å². The van der Waals surface area contributed by atoms with Gasteiger partial charge in [0, 0.05) is 21.7 Å². The first-order chi connectivity index (χ1) is 9.11. The van der Waals surface area contributed by atoms with Crippen LogP contribution in [-0.2, 0) is 0 Å². The molecule has 96 valence electrons. The van der Waals surface area contributed by atoms with E-state index in [4.69, 9.17) is 34.8 Å². The molecule has 2 aromatic carbocycles. The summed E-state index contributed by atoms with van der Waals surface area (Å²) in [4.78, 5) is 12.6. The van der Waals surface area contributed by atoms with Crippen molar-refractivity contribution >= 4 is 40.6 Å². The van der Waals surface area contributed by atoms with Crippen molar-refractivity contribution < 1.29 is 4.79 Å². The molecule has 1 aliphatic carbocycles. The highest BCUT2D eigenvalue weighted by atomic mass is 35.5. The molecule has 1 aliphatic rings. The van der Waals surface area contributed by atoms with E-state index in [9.17, 15) is 4.79 Å². The fourth-order valence-corrected chi connectivity index (χ4v) is 3.44. The summed E-state index contributed by atoms with van der Waals surface area (Å²) < 4.78 is 0. The van der Waals surface area contributed by atoms with Crippen LogP contribution in [0.15, 0.2) is 42.5 Å². The Kier molecular flexibility index (Phi) is 3.30. The van der Waals surface area contributed by atoms with E-state index < -0.39 is 10.8 Å². The SMILES string of the molecule is O=C1c2ccccc2C(Cl)C(Cl)c2c(Cl)cccc21. The van der Waals surface area contributed by atoms with Gasteiger partial charge in [-0.05, 0) is 11.6 Å². The molecule has 19 heavy (non-hydrogen) atoms. The monoisotopic (exact) mass is 310 g/mol. The van der Waals surface area contributed by atoms with Gasteiger partial charge in [-0.25, -0.2) is 0 Å². The number of benzene rings is 2. The molecule has 4 heteroatoms. The van der Waals surface area contributed by atoms with Crippen molar-refractivity contribution in [1.82, 2.24) is 0 Å². The van der Waals surface area contributed by atoms with Crippen molar-refractivity contribution in [2.24, 2.45) is 0 Å². The predicted molar refractivity (Wildman–Crippen MR) is 78.5 cm³/mol. The van der Waals surface area contributed by atoms with E-state index >= 15 is 0 Å². The topological polar surface area (TPSA) is 17.1 Å². The molecule has 3 rings (SSSR count). The maximum atomic E-state index is 12.6. The molecule has 0 N–H and O–H groups in total. The summed E-state index contributed by atoms with van der Waals surface area (Å²) >= 11 is 19.0. The van der Waals surface area contributed by atoms with Crippen LogP contribution in [0.1, 0.15) is 37.8 Å². The van der Waals surface area contributed by atoms with Crippen molar-refractivity contribution in [2.75, 3.05) is 0 Å². The third-order valence-corrected chi connectivity index (χ3v) is 4.75. The molecular weight excluding hydrogens is 303 g/mol. The summed E-state index contributed by atoms with van der Waals surface area (Å²) in [5.74, 6) is -0.0816. The van der Waals surface area contributed by atoms with Crippen molar-refractivity contribution in [3.63, 3.8) is 0 Å². The van der Waals surface area contributed by atoms with Gasteiger partial charge >= 0.3 is 0 Å². The molecule has 0 saturated carbocycles. The lowest BCUT2D eigenvalue weighted by atomic mass is 9.99. The van der Waals surface area contributed by atoms with Crippen LogP contribution in [0.3, 0.4) is 0 Å². The molecule has 0 radical (unpaired) electrons. The standard InChI is InChI=1S/C15H9Cl3O/c16-11-7-3-6-10-12(11)14(18)13(17)8-4-1-2-5-9(8)15(10)19/h1-7,13-14H. The summed E-state index contributed by atoms with van der Waals surface area (Å²) in [6.45, 7) is 0. The predicted octanol–water partition coefficient (Wildman–Crippen LogP) is 5.14. The van der Waals surface area contributed by atoms with E-state index in [0.717, 1.165) is 5.56 Å². The first kappa shape index (κ1) is 13.0. The first-order valence-electron chi connectivity index (χ1n) is 5.81. The molecule has 0 amide bonds. The lowest BCUT2D eigenvalue weighted by molar-refractivity contribution is 0.103. The van der Waals surface area contributed by atoms with E-state index in [1.165, 1.54) is 0 Å². The number of halogens is 3. The van der Waals surface area contributed by atoms with Gasteiger partial charge in [-0.15, -0.1) is 23.2 Å². The molecule has 2 aromatic rings. The van der Waals surface area contributed by atoms with Gasteiger partial charge in [-0.1, -0.05) is 48.0 Å². The summed E-state index contributed by atoms with van der Waals surface area (Å²) in [5.41, 5.74) is 2.49. The van der Waals surface area contributed by atoms with Gasteiger partial charge in [0.15, 0.2) is 5.78 Å². The molecule has 0 bridgehead atoms. The van der Waals surface area contributed by atoms with Gasteiger partial charge in [0.05, 0.1) is 10.8 Å². The van der Waals surface area contributed by atoms with Gasteiger partial charge in [-0.2, -0.15) is 0 Å². The Balaban J connectivity index is 2.34. The number of hydrogen-bond acceptors (Lipinski definition) is 1. The molecule has 2 atom stereocenters. The number of fused-ring (bicyclic) bond motifs is 2. The smallest absolute Gasteiger partial charge is 0.193 e. The molecule has 0 saturated heterocycles. The average Bonchev–Trinajstić information content (AvgIpc) is 2.51. The third kappa shape index (κ3) is 1.97. The quantitative estimate of drug-likeness (QED) is 0.615. The maximum Gasteiger partial charge on any atom is 0.193 e. The number of hydrogen-bond donors (Lipinski definition) is 0. The number of carbonyl (C=O) groups is 1. The second-order valence-corrected chi connectivity index (χ2v) is 5.77. The Morgan fingerprint density at radius 2 is 1.53 bits per heavy atom. The van der Waals surface area contributed by atoms with Gasteiger partial charge in [-0.3, -0.25) is 4.79 Å². The van der Waals surface area contributed by atoms with Crippen LogP contribution in [0, 0.1) is 0 Å². The lowest BCUT2D eigenvalue weighted by Crippen LogP contribution is -2.04. The van der Waals surface area contributed by atoms with E-state index in [2.05, 4.69) is 0 Å². The number of rotatable bonds is 0. The molecule has 0 fully saturated rings. The van der Waals surface area contributed by atoms with Crippen LogP contribution in [0.5, 0.6) is 0 Å². The summed E-state index contributed by atoms with van der Waals surface area (Å²) in [6.07, 6.45) is 0. The Hall–Kier alpha value is -1.02. The van der Waals surface area contributed by atoms with Crippen LogP contribution in [0.25, 0.3) is 0 Å². The van der Waals surface area contributed by atoms with Crippen LogP contribution < -0.4 is 0 Å². The van der Waals surface area contributed by atoms with Gasteiger partial charge < -0.3 is 0 Å². The highest BCUT2D eigenvalue weighted by Crippen LogP contribution is 2.47. The summed E-state index contributed by atoms with van der Waals surface area (Å²) in [7, 11) is 0. The third-order valence-electron chi connectivity index (χ3n) is 3.33. The second kappa shape index (κ2) is 4.82. The fraction of sp³-hybridized carbons (Fsp3) is 0.133. The summed E-state index contributed by atoms with van der Waals surface area (Å²) in [6, 6.07) is 12.5. The lowest BCUT2D eigenvalue weighted by Gasteiger charge is -2.17. The van der Waals surface area contributed by atoms with Crippen LogP contribution >= 0.6 is 34.8 Å². The molecule has 0 aliphatic heterocycles. The van der Waals surface area contributed by atoms with Crippen molar-refractivity contribution in [1.29, 1.82) is 0 Å². The minimum atomic E-state index is -0.530. The molecule has 2 unspecified atom stereocenters. The maximum absolute atomic E-state index is 12.6. The molecule has 0 heterocycles. The van der Waals surface area contributed by atoms with Gasteiger partial charge in [0.2, 0.25) is 0 Å². The summed E-state index contributed by atoms with van der Waals surface area (Å²) in [5, 5.41) is -0.537. The zero-order chi connectivity index (χ0) is 13.6. The zero-order valence-electron chi connectivity index (χ0n) is 9.74. The Bertz CT molecular complexity index is 666. The van der Waals surface area contributed by atoms with E-state index in [1.54, 1.807) is 24.3 Å². The van der Waals surface area contributed by atoms with Crippen LogP contribution in [0.4, 0.5) is 0 Å².